The van der Waals surface area contributed by atoms with Gasteiger partial charge in [0.1, 0.15) is 17.1 Å². The van der Waals surface area contributed by atoms with Crippen LogP contribution in [0.4, 0.5) is 0 Å². The van der Waals surface area contributed by atoms with Crippen LogP contribution in [0.25, 0.3) is 11.0 Å². The summed E-state index contributed by atoms with van der Waals surface area (Å²) in [6.07, 6.45) is 2.90. The van der Waals surface area contributed by atoms with Crippen LogP contribution in [-0.4, -0.2) is 26.6 Å². The van der Waals surface area contributed by atoms with E-state index < -0.39 is 6.04 Å². The first kappa shape index (κ1) is 9.89. The number of nitrogens with zero attached hydrogens (tertiary/aromatic N) is 3. The van der Waals surface area contributed by atoms with Crippen molar-refractivity contribution in [3.05, 3.63) is 36.4 Å². The number of hydrogen-bond acceptors (Lipinski definition) is 4. The lowest BCUT2D eigenvalue weighted by molar-refractivity contribution is -0.127. The average molecular weight is 227 g/mol. The van der Waals surface area contributed by atoms with Gasteiger partial charge in [-0.05, 0) is 24.3 Å². The van der Waals surface area contributed by atoms with Crippen molar-refractivity contribution in [1.29, 1.82) is 0 Å². The highest BCUT2D eigenvalue weighted by molar-refractivity contribution is 6.09. The fourth-order valence-electron chi connectivity index (χ4n) is 1.85. The summed E-state index contributed by atoms with van der Waals surface area (Å²) in [6, 6.07) is 6.84. The first-order valence-corrected chi connectivity index (χ1v) is 5.29. The van der Waals surface area contributed by atoms with Crippen molar-refractivity contribution in [2.75, 3.05) is 0 Å². The number of allylic oxidation sites excluding steroid dienone is 2. The molecule has 1 aromatic heterocycles. The molecule has 0 saturated carbocycles. The Bertz CT molecular complexity index is 609. The van der Waals surface area contributed by atoms with Gasteiger partial charge in [-0.2, -0.15) is 15.0 Å². The molecule has 5 heteroatoms. The Morgan fingerprint density at radius 2 is 1.76 bits per heavy atom. The van der Waals surface area contributed by atoms with Gasteiger partial charge in [-0.1, -0.05) is 12.1 Å². The fraction of sp³-hybridized carbons (Fsp3) is 0.167. The second kappa shape index (κ2) is 3.62. The van der Waals surface area contributed by atoms with E-state index in [9.17, 15) is 9.59 Å². The molecule has 0 radical (unpaired) electrons. The molecule has 0 fully saturated rings. The van der Waals surface area contributed by atoms with E-state index in [1.54, 1.807) is 6.08 Å². The molecule has 1 unspecified atom stereocenters. The number of fused-ring (bicyclic) bond motifs is 1. The number of benzene rings is 1. The van der Waals surface area contributed by atoms with Gasteiger partial charge in [0.2, 0.25) is 0 Å². The summed E-state index contributed by atoms with van der Waals surface area (Å²) < 4.78 is 0. The largest absolute Gasteiger partial charge is 0.296 e. The summed E-state index contributed by atoms with van der Waals surface area (Å²) >= 11 is 0. The van der Waals surface area contributed by atoms with Crippen LogP contribution in [0, 0.1) is 0 Å². The summed E-state index contributed by atoms with van der Waals surface area (Å²) in [5, 5.41) is 8.47. The predicted molar refractivity (Wildman–Crippen MR) is 60.3 cm³/mol. The zero-order chi connectivity index (χ0) is 11.8. The van der Waals surface area contributed by atoms with Gasteiger partial charge in [0.15, 0.2) is 11.6 Å². The quantitative estimate of drug-likeness (QED) is 0.683. The molecule has 0 saturated heterocycles. The van der Waals surface area contributed by atoms with E-state index in [1.165, 1.54) is 10.9 Å². The average Bonchev–Trinajstić information content (AvgIpc) is 2.72. The lowest BCUT2D eigenvalue weighted by Crippen LogP contribution is -2.25. The number of Topliss-reactive ketones (excluding diaryl/α,β-unsaturated/α-hetero) is 1. The van der Waals surface area contributed by atoms with Gasteiger partial charge in [-0.3, -0.25) is 9.59 Å². The van der Waals surface area contributed by atoms with Gasteiger partial charge in [-0.15, -0.1) is 0 Å². The van der Waals surface area contributed by atoms with Crippen LogP contribution >= 0.6 is 0 Å². The SMILES string of the molecule is O=C1C=CC(n2nc3ccccc3n2)C(=O)C1. The smallest absolute Gasteiger partial charge is 0.170 e. The van der Waals surface area contributed by atoms with E-state index in [1.807, 2.05) is 24.3 Å². The molecule has 3 rings (SSSR count). The molecule has 1 atom stereocenters. The van der Waals surface area contributed by atoms with Crippen LogP contribution in [0.5, 0.6) is 0 Å². The molecule has 0 amide bonds. The molecule has 5 nitrogen and oxygen atoms in total. The Morgan fingerprint density at radius 1 is 1.12 bits per heavy atom. The maximum absolute atomic E-state index is 11.7. The third-order valence-electron chi connectivity index (χ3n) is 2.69. The topological polar surface area (TPSA) is 64.8 Å². The van der Waals surface area contributed by atoms with Gasteiger partial charge < -0.3 is 0 Å². The number of rotatable bonds is 1. The molecular formula is C12H9N3O2. The second-order valence-electron chi connectivity index (χ2n) is 3.92. The molecule has 0 spiro atoms. The molecule has 1 aliphatic carbocycles. The minimum absolute atomic E-state index is 0.0704. The molecule has 17 heavy (non-hydrogen) atoms. The van der Waals surface area contributed by atoms with Gasteiger partial charge >= 0.3 is 0 Å². The molecule has 84 valence electrons. The lowest BCUT2D eigenvalue weighted by atomic mass is 10.0. The van der Waals surface area contributed by atoms with Gasteiger partial charge in [-0.25, -0.2) is 0 Å². The summed E-state index contributed by atoms with van der Waals surface area (Å²) in [5.74, 6) is -0.333. The Kier molecular flexibility index (Phi) is 2.11. The minimum Gasteiger partial charge on any atom is -0.296 e. The molecule has 1 aliphatic rings. The maximum Gasteiger partial charge on any atom is 0.170 e. The van der Waals surface area contributed by atoms with Crippen LogP contribution < -0.4 is 0 Å². The van der Waals surface area contributed by atoms with Crippen molar-refractivity contribution in [3.63, 3.8) is 0 Å². The highest BCUT2D eigenvalue weighted by atomic mass is 16.2. The number of hydrogen-bond donors (Lipinski definition) is 0. The first-order chi connectivity index (χ1) is 8.24. The third-order valence-corrected chi connectivity index (χ3v) is 2.69. The van der Waals surface area contributed by atoms with Crippen molar-refractivity contribution in [2.24, 2.45) is 0 Å². The highest BCUT2D eigenvalue weighted by Crippen LogP contribution is 2.17. The number of carbonyl (C=O) groups is 2. The maximum atomic E-state index is 11.7. The van der Waals surface area contributed by atoms with Crippen molar-refractivity contribution >= 4 is 22.6 Å². The molecule has 0 N–H and O–H groups in total. The molecular weight excluding hydrogens is 218 g/mol. The van der Waals surface area contributed by atoms with E-state index in [0.717, 1.165) is 11.0 Å². The second-order valence-corrected chi connectivity index (χ2v) is 3.92. The number of aromatic nitrogens is 3. The van der Waals surface area contributed by atoms with E-state index >= 15 is 0 Å². The lowest BCUT2D eigenvalue weighted by Gasteiger charge is -2.12. The predicted octanol–water partition coefficient (Wildman–Crippen LogP) is 1.07. The Morgan fingerprint density at radius 3 is 2.35 bits per heavy atom. The highest BCUT2D eigenvalue weighted by Gasteiger charge is 2.25. The molecule has 0 aliphatic heterocycles. The van der Waals surface area contributed by atoms with Crippen LogP contribution in [-0.2, 0) is 9.59 Å². The van der Waals surface area contributed by atoms with Crippen LogP contribution in [0.15, 0.2) is 36.4 Å². The van der Waals surface area contributed by atoms with Crippen LogP contribution in [0.2, 0.25) is 0 Å². The van der Waals surface area contributed by atoms with Crippen molar-refractivity contribution < 1.29 is 9.59 Å². The standard InChI is InChI=1S/C12H9N3O2/c16-8-5-6-11(12(17)7-8)15-13-9-3-1-2-4-10(9)14-15/h1-6,11H,7H2. The fourth-order valence-corrected chi connectivity index (χ4v) is 1.85. The summed E-state index contributed by atoms with van der Waals surface area (Å²) in [4.78, 5) is 24.1. The van der Waals surface area contributed by atoms with E-state index in [2.05, 4.69) is 10.2 Å². The summed E-state index contributed by atoms with van der Waals surface area (Å²) in [7, 11) is 0. The summed E-state index contributed by atoms with van der Waals surface area (Å²) in [6.45, 7) is 0. The zero-order valence-electron chi connectivity index (χ0n) is 8.91. The summed E-state index contributed by atoms with van der Waals surface area (Å²) in [5.41, 5.74) is 1.48. The van der Waals surface area contributed by atoms with Gasteiger partial charge in [0.25, 0.3) is 0 Å². The Balaban J connectivity index is 2.06. The minimum atomic E-state index is -0.555. The van der Waals surface area contributed by atoms with E-state index in [0.29, 0.717) is 0 Å². The number of ketones is 2. The van der Waals surface area contributed by atoms with Gasteiger partial charge in [0.05, 0.1) is 6.42 Å². The Hall–Kier alpha value is -2.30. The molecule has 2 aromatic rings. The first-order valence-electron chi connectivity index (χ1n) is 5.29. The zero-order valence-corrected chi connectivity index (χ0v) is 8.91. The normalized spacial score (nSPS) is 20.1. The third kappa shape index (κ3) is 1.65. The molecule has 1 heterocycles. The van der Waals surface area contributed by atoms with Gasteiger partial charge in [0, 0.05) is 0 Å². The van der Waals surface area contributed by atoms with Crippen molar-refractivity contribution in [2.45, 2.75) is 12.5 Å². The molecule has 0 bridgehead atoms. The van der Waals surface area contributed by atoms with E-state index in [4.69, 9.17) is 0 Å². The van der Waals surface area contributed by atoms with Crippen molar-refractivity contribution in [1.82, 2.24) is 15.0 Å². The van der Waals surface area contributed by atoms with Crippen LogP contribution in [0.3, 0.4) is 0 Å². The monoisotopic (exact) mass is 227 g/mol. The Labute approximate surface area is 96.7 Å². The van der Waals surface area contributed by atoms with Crippen LogP contribution in [0.1, 0.15) is 12.5 Å². The number of carbonyl (C=O) groups excluding carboxylic acids is 2. The van der Waals surface area contributed by atoms with E-state index in [-0.39, 0.29) is 18.0 Å². The molecule has 1 aromatic carbocycles. The van der Waals surface area contributed by atoms with Crippen molar-refractivity contribution in [3.8, 4) is 0 Å².